The molecular weight excluding hydrogens is 272 g/mol. The van der Waals surface area contributed by atoms with Crippen molar-refractivity contribution in [2.45, 2.75) is 39.3 Å². The fourth-order valence-electron chi connectivity index (χ4n) is 2.71. The van der Waals surface area contributed by atoms with Gasteiger partial charge >= 0.3 is 0 Å². The number of likely N-dealkylation sites (tertiary alicyclic amines) is 1. The summed E-state index contributed by atoms with van der Waals surface area (Å²) in [6, 6.07) is 0.239. The van der Waals surface area contributed by atoms with Crippen LogP contribution in [0.15, 0.2) is 17.9 Å². The lowest BCUT2D eigenvalue weighted by Gasteiger charge is -2.24. The van der Waals surface area contributed by atoms with Crippen molar-refractivity contribution in [3.05, 3.63) is 34.0 Å². The molecule has 1 atom stereocenters. The monoisotopic (exact) mass is 290 g/mol. The average Bonchev–Trinajstić information content (AvgIpc) is 3.11. The fourth-order valence-corrected chi connectivity index (χ4v) is 3.47. The summed E-state index contributed by atoms with van der Waals surface area (Å²) < 4.78 is 1.94. The van der Waals surface area contributed by atoms with Crippen molar-refractivity contribution >= 4 is 17.2 Å². The molecule has 1 amide bonds. The minimum absolute atomic E-state index is 0.122. The van der Waals surface area contributed by atoms with E-state index in [1.807, 2.05) is 35.8 Å². The van der Waals surface area contributed by atoms with E-state index >= 15 is 0 Å². The van der Waals surface area contributed by atoms with Crippen molar-refractivity contribution < 1.29 is 4.79 Å². The molecule has 2 aromatic heterocycles. The predicted octanol–water partition coefficient (Wildman–Crippen LogP) is 2.26. The van der Waals surface area contributed by atoms with E-state index in [9.17, 15) is 4.79 Å². The van der Waals surface area contributed by atoms with E-state index in [0.717, 1.165) is 42.1 Å². The molecule has 1 saturated heterocycles. The molecule has 3 rings (SSSR count). The molecule has 0 bridgehead atoms. The highest BCUT2D eigenvalue weighted by Gasteiger charge is 2.31. The molecule has 1 aliphatic heterocycles. The summed E-state index contributed by atoms with van der Waals surface area (Å²) >= 11 is 1.43. The molecule has 0 N–H and O–H groups in total. The molecule has 2 aromatic rings. The maximum absolute atomic E-state index is 12.6. The van der Waals surface area contributed by atoms with Crippen LogP contribution >= 0.6 is 11.3 Å². The second-order valence-corrected chi connectivity index (χ2v) is 6.16. The van der Waals surface area contributed by atoms with Crippen LogP contribution in [0.5, 0.6) is 0 Å². The van der Waals surface area contributed by atoms with E-state index in [1.54, 1.807) is 5.51 Å². The molecule has 0 saturated carbocycles. The lowest BCUT2D eigenvalue weighted by atomic mass is 10.2. The smallest absolute Gasteiger partial charge is 0.266 e. The molecule has 3 heterocycles. The Hall–Kier alpha value is -1.69. The number of rotatable bonds is 3. The minimum Gasteiger partial charge on any atom is -0.333 e. The third-order valence-electron chi connectivity index (χ3n) is 3.74. The normalized spacial score (nSPS) is 18.7. The number of nitrogens with zero attached hydrogens (tertiary/aromatic N) is 4. The summed E-state index contributed by atoms with van der Waals surface area (Å²) in [5, 5.41) is 4.32. The number of carbonyl (C=O) groups excluding carboxylic acids is 1. The van der Waals surface area contributed by atoms with E-state index in [2.05, 4.69) is 10.1 Å². The Morgan fingerprint density at radius 1 is 1.50 bits per heavy atom. The molecule has 20 heavy (non-hydrogen) atoms. The highest BCUT2D eigenvalue weighted by molar-refractivity contribution is 7.11. The molecular formula is C14H18N4OS. The Morgan fingerprint density at radius 3 is 3.00 bits per heavy atom. The number of thiazole rings is 1. The lowest BCUT2D eigenvalue weighted by molar-refractivity contribution is 0.0725. The predicted molar refractivity (Wildman–Crippen MR) is 77.9 cm³/mol. The van der Waals surface area contributed by atoms with Crippen LogP contribution in [0.25, 0.3) is 0 Å². The first-order valence-electron chi connectivity index (χ1n) is 6.85. The molecule has 5 nitrogen and oxygen atoms in total. The molecule has 0 aliphatic carbocycles. The highest BCUT2D eigenvalue weighted by atomic mass is 32.1. The van der Waals surface area contributed by atoms with E-state index in [1.165, 1.54) is 11.3 Å². The maximum Gasteiger partial charge on any atom is 0.266 e. The Balaban J connectivity index is 1.75. The molecule has 1 aliphatic rings. The molecule has 1 unspecified atom stereocenters. The summed E-state index contributed by atoms with van der Waals surface area (Å²) in [5.74, 6) is 0.122. The summed E-state index contributed by atoms with van der Waals surface area (Å²) in [4.78, 5) is 19.5. The van der Waals surface area contributed by atoms with E-state index in [4.69, 9.17) is 0 Å². The van der Waals surface area contributed by atoms with Crippen molar-refractivity contribution in [3.8, 4) is 0 Å². The first-order valence-corrected chi connectivity index (χ1v) is 7.73. The molecule has 0 aromatic carbocycles. The van der Waals surface area contributed by atoms with Gasteiger partial charge in [-0.15, -0.1) is 11.3 Å². The number of hydrogen-bond donors (Lipinski definition) is 0. The zero-order chi connectivity index (χ0) is 14.1. The number of aromatic nitrogens is 3. The van der Waals surface area contributed by atoms with Gasteiger partial charge in [0.25, 0.3) is 5.91 Å². The molecule has 6 heteroatoms. The van der Waals surface area contributed by atoms with Gasteiger partial charge in [0, 0.05) is 12.7 Å². The zero-order valence-corrected chi connectivity index (χ0v) is 12.6. The highest BCUT2D eigenvalue weighted by Crippen LogP contribution is 2.24. The first-order chi connectivity index (χ1) is 9.65. The van der Waals surface area contributed by atoms with E-state index in [0.29, 0.717) is 0 Å². The molecule has 1 fully saturated rings. The Labute approximate surface area is 122 Å². The summed E-state index contributed by atoms with van der Waals surface area (Å²) in [6.45, 7) is 5.53. The number of hydrogen-bond acceptors (Lipinski definition) is 4. The fraction of sp³-hybridized carbons (Fsp3) is 0.500. The second-order valence-electron chi connectivity index (χ2n) is 5.30. The van der Waals surface area contributed by atoms with Gasteiger partial charge in [0.05, 0.1) is 30.0 Å². The van der Waals surface area contributed by atoms with Gasteiger partial charge in [-0.1, -0.05) is 0 Å². The Morgan fingerprint density at radius 2 is 2.35 bits per heavy atom. The van der Waals surface area contributed by atoms with Crippen molar-refractivity contribution in [3.63, 3.8) is 0 Å². The molecule has 0 radical (unpaired) electrons. The Kier molecular flexibility index (Phi) is 3.56. The molecule has 0 spiro atoms. The molecule has 106 valence electrons. The van der Waals surface area contributed by atoms with Crippen molar-refractivity contribution in [2.24, 2.45) is 0 Å². The van der Waals surface area contributed by atoms with Crippen LogP contribution in [0.4, 0.5) is 0 Å². The third-order valence-corrected chi connectivity index (χ3v) is 4.65. The van der Waals surface area contributed by atoms with E-state index in [-0.39, 0.29) is 11.9 Å². The quantitative estimate of drug-likeness (QED) is 0.871. The zero-order valence-electron chi connectivity index (χ0n) is 11.7. The van der Waals surface area contributed by atoms with Gasteiger partial charge in [-0.05, 0) is 32.3 Å². The Bertz CT molecular complexity index is 618. The summed E-state index contributed by atoms with van der Waals surface area (Å²) in [7, 11) is 0. The first kappa shape index (κ1) is 13.3. The summed E-state index contributed by atoms with van der Waals surface area (Å²) in [6.07, 6.45) is 5.99. The largest absolute Gasteiger partial charge is 0.333 e. The summed E-state index contributed by atoms with van der Waals surface area (Å²) in [5.41, 5.74) is 3.73. The van der Waals surface area contributed by atoms with Crippen LogP contribution in [0.3, 0.4) is 0 Å². The van der Waals surface area contributed by atoms with Gasteiger partial charge in [-0.2, -0.15) is 5.10 Å². The number of amides is 1. The van der Waals surface area contributed by atoms with Crippen LogP contribution in [0, 0.1) is 13.8 Å². The van der Waals surface area contributed by atoms with Crippen LogP contribution < -0.4 is 0 Å². The van der Waals surface area contributed by atoms with Gasteiger partial charge in [-0.25, -0.2) is 4.98 Å². The topological polar surface area (TPSA) is 51.0 Å². The third kappa shape index (κ3) is 2.47. The van der Waals surface area contributed by atoms with Crippen molar-refractivity contribution in [2.75, 3.05) is 6.54 Å². The minimum atomic E-state index is 0.122. The average molecular weight is 290 g/mol. The van der Waals surface area contributed by atoms with Gasteiger partial charge < -0.3 is 4.90 Å². The van der Waals surface area contributed by atoms with Crippen molar-refractivity contribution in [1.29, 1.82) is 0 Å². The number of carbonyl (C=O) groups is 1. The van der Waals surface area contributed by atoms with Crippen LogP contribution in [0.1, 0.15) is 33.8 Å². The van der Waals surface area contributed by atoms with Crippen LogP contribution in [-0.2, 0) is 6.54 Å². The lowest BCUT2D eigenvalue weighted by Crippen LogP contribution is -2.38. The van der Waals surface area contributed by atoms with Crippen LogP contribution in [0.2, 0.25) is 0 Å². The van der Waals surface area contributed by atoms with Crippen molar-refractivity contribution in [1.82, 2.24) is 19.7 Å². The van der Waals surface area contributed by atoms with Gasteiger partial charge in [0.15, 0.2) is 0 Å². The van der Waals surface area contributed by atoms with Crippen LogP contribution in [-0.4, -0.2) is 38.2 Å². The van der Waals surface area contributed by atoms with Gasteiger partial charge in [0.1, 0.15) is 4.88 Å². The SMILES string of the molecule is Cc1cnn(CC2CCCN2C(=O)c2scnc2C)c1. The maximum atomic E-state index is 12.6. The van der Waals surface area contributed by atoms with Gasteiger partial charge in [-0.3, -0.25) is 9.48 Å². The van der Waals surface area contributed by atoms with E-state index < -0.39 is 0 Å². The van der Waals surface area contributed by atoms with Gasteiger partial charge in [0.2, 0.25) is 0 Å². The second kappa shape index (κ2) is 5.36. The number of aryl methyl sites for hydroxylation is 2. The standard InChI is InChI=1S/C14H18N4OS/c1-10-6-16-17(7-10)8-12-4-3-5-18(12)14(19)13-11(2)15-9-20-13/h6-7,9,12H,3-5,8H2,1-2H3.